The molecule has 0 aromatic carbocycles. The summed E-state index contributed by atoms with van der Waals surface area (Å²) in [4.78, 5) is 15.1. The Morgan fingerprint density at radius 1 is 1.33 bits per heavy atom. The molecule has 2 aromatic rings. The molecule has 3 rings (SSSR count). The zero-order valence-corrected chi connectivity index (χ0v) is 13.6. The highest BCUT2D eigenvalue weighted by molar-refractivity contribution is 7.16. The van der Waals surface area contributed by atoms with E-state index in [0.717, 1.165) is 41.6 Å². The zero-order chi connectivity index (χ0) is 14.7. The summed E-state index contributed by atoms with van der Waals surface area (Å²) in [5.74, 6) is 1.77. The van der Waals surface area contributed by atoms with Crippen LogP contribution < -0.4 is 10.2 Å². The lowest BCUT2D eigenvalue weighted by atomic mass is 10.3. The highest BCUT2D eigenvalue weighted by Crippen LogP contribution is 2.28. The quantitative estimate of drug-likeness (QED) is 0.889. The maximum Gasteiger partial charge on any atom is 0.226 e. The fourth-order valence-corrected chi connectivity index (χ4v) is 3.53. The number of hydrogen-bond acceptors (Lipinski definition) is 6. The fourth-order valence-electron chi connectivity index (χ4n) is 2.77. The van der Waals surface area contributed by atoms with Crippen molar-refractivity contribution in [3.8, 4) is 0 Å². The molecule has 0 aliphatic carbocycles. The molecule has 3 heterocycles. The molecule has 114 valence electrons. The van der Waals surface area contributed by atoms with Crippen LogP contribution >= 0.6 is 11.3 Å². The van der Waals surface area contributed by atoms with Gasteiger partial charge in [0.1, 0.15) is 10.6 Å². The number of likely N-dealkylation sites (N-methyl/N-ethyl adjacent to an activating group) is 1. The van der Waals surface area contributed by atoms with Gasteiger partial charge in [0.15, 0.2) is 0 Å². The molecule has 0 spiro atoms. The van der Waals surface area contributed by atoms with Gasteiger partial charge in [-0.1, -0.05) is 0 Å². The molecule has 0 saturated carbocycles. The van der Waals surface area contributed by atoms with E-state index in [1.54, 1.807) is 11.3 Å². The number of anilines is 2. The first-order valence-corrected chi connectivity index (χ1v) is 8.58. The van der Waals surface area contributed by atoms with Crippen LogP contribution in [-0.2, 0) is 0 Å². The molecule has 6 heteroatoms. The lowest BCUT2D eigenvalue weighted by molar-refractivity contribution is 0.346. The van der Waals surface area contributed by atoms with E-state index in [1.165, 1.54) is 25.9 Å². The van der Waals surface area contributed by atoms with Gasteiger partial charge in [0, 0.05) is 26.7 Å². The number of aromatic nitrogens is 2. The summed E-state index contributed by atoms with van der Waals surface area (Å²) in [6.45, 7) is 7.52. The summed E-state index contributed by atoms with van der Waals surface area (Å²) in [5.41, 5.74) is 0. The first-order chi connectivity index (χ1) is 10.3. The Morgan fingerprint density at radius 2 is 2.14 bits per heavy atom. The minimum absolute atomic E-state index is 0.732. The van der Waals surface area contributed by atoms with E-state index in [0.29, 0.717) is 0 Å². The lowest BCUT2D eigenvalue weighted by Crippen LogP contribution is -2.32. The van der Waals surface area contributed by atoms with Crippen LogP contribution in [0.25, 0.3) is 10.2 Å². The molecule has 0 unspecified atom stereocenters. The van der Waals surface area contributed by atoms with Crippen LogP contribution in [0.5, 0.6) is 0 Å². The number of rotatable bonds is 6. The van der Waals surface area contributed by atoms with Crippen molar-refractivity contribution in [3.05, 3.63) is 11.4 Å². The first-order valence-electron chi connectivity index (χ1n) is 7.70. The van der Waals surface area contributed by atoms with Crippen molar-refractivity contribution in [1.82, 2.24) is 14.9 Å². The van der Waals surface area contributed by atoms with Gasteiger partial charge in [-0.3, -0.25) is 0 Å². The Kier molecular flexibility index (Phi) is 4.55. The minimum Gasteiger partial charge on any atom is -0.358 e. The highest BCUT2D eigenvalue weighted by atomic mass is 32.1. The van der Waals surface area contributed by atoms with Crippen LogP contribution in [0, 0.1) is 0 Å². The number of fused-ring (bicyclic) bond motifs is 1. The number of thiophene rings is 1. The molecule has 0 amide bonds. The maximum absolute atomic E-state index is 4.70. The number of likely N-dealkylation sites (tertiary alicyclic amines) is 1. The van der Waals surface area contributed by atoms with Gasteiger partial charge < -0.3 is 15.1 Å². The third-order valence-electron chi connectivity index (χ3n) is 3.95. The van der Waals surface area contributed by atoms with Crippen LogP contribution in [0.15, 0.2) is 11.4 Å². The van der Waals surface area contributed by atoms with Gasteiger partial charge in [-0.15, -0.1) is 11.3 Å². The largest absolute Gasteiger partial charge is 0.358 e. The third-order valence-corrected chi connectivity index (χ3v) is 4.76. The second-order valence-electron chi connectivity index (χ2n) is 5.51. The maximum atomic E-state index is 4.70. The summed E-state index contributed by atoms with van der Waals surface area (Å²) < 4.78 is 0. The van der Waals surface area contributed by atoms with Gasteiger partial charge in [0.05, 0.1) is 5.39 Å². The second-order valence-corrected chi connectivity index (χ2v) is 6.41. The summed E-state index contributed by atoms with van der Waals surface area (Å²) in [6, 6.07) is 2.12. The molecule has 1 saturated heterocycles. The predicted octanol–water partition coefficient (Wildman–Crippen LogP) is 2.66. The number of hydrogen-bond donors (Lipinski definition) is 1. The van der Waals surface area contributed by atoms with Gasteiger partial charge in [-0.25, -0.2) is 4.98 Å². The Hall–Kier alpha value is -1.40. The Balaban J connectivity index is 1.78. The van der Waals surface area contributed by atoms with Crippen LogP contribution in [0.4, 0.5) is 11.8 Å². The molecule has 1 aliphatic heterocycles. The van der Waals surface area contributed by atoms with E-state index in [4.69, 9.17) is 4.98 Å². The molecule has 1 aliphatic rings. The molecular weight excluding hydrogens is 282 g/mol. The van der Waals surface area contributed by atoms with Crippen molar-refractivity contribution in [2.75, 3.05) is 50.0 Å². The number of nitrogens with zero attached hydrogens (tertiary/aromatic N) is 4. The topological polar surface area (TPSA) is 44.3 Å². The average molecular weight is 305 g/mol. The van der Waals surface area contributed by atoms with Crippen LogP contribution in [0.2, 0.25) is 0 Å². The molecule has 0 radical (unpaired) electrons. The van der Waals surface area contributed by atoms with E-state index >= 15 is 0 Å². The monoisotopic (exact) mass is 305 g/mol. The van der Waals surface area contributed by atoms with E-state index < -0.39 is 0 Å². The molecule has 5 nitrogen and oxygen atoms in total. The number of nitrogens with one attached hydrogen (secondary N) is 1. The molecule has 21 heavy (non-hydrogen) atoms. The van der Waals surface area contributed by atoms with E-state index in [9.17, 15) is 0 Å². The fraction of sp³-hybridized carbons (Fsp3) is 0.600. The Labute approximate surface area is 130 Å². The van der Waals surface area contributed by atoms with Crippen molar-refractivity contribution < 1.29 is 0 Å². The highest BCUT2D eigenvalue weighted by Gasteiger charge is 2.15. The van der Waals surface area contributed by atoms with Gasteiger partial charge in [0.25, 0.3) is 0 Å². The van der Waals surface area contributed by atoms with Gasteiger partial charge in [-0.05, 0) is 44.3 Å². The molecule has 0 atom stereocenters. The van der Waals surface area contributed by atoms with Gasteiger partial charge in [0.2, 0.25) is 5.95 Å². The predicted molar refractivity (Wildman–Crippen MR) is 90.5 cm³/mol. The standard InChI is InChI=1S/C15H23N5S/c1-3-16-15-17-13(12-6-11-21-14(12)18-15)19(2)9-10-20-7-4-5-8-20/h6,11H,3-5,7-10H2,1-2H3,(H,16,17,18). The van der Waals surface area contributed by atoms with Crippen molar-refractivity contribution in [1.29, 1.82) is 0 Å². The van der Waals surface area contributed by atoms with Crippen molar-refractivity contribution in [3.63, 3.8) is 0 Å². The van der Waals surface area contributed by atoms with E-state index in [2.05, 4.69) is 45.5 Å². The zero-order valence-electron chi connectivity index (χ0n) is 12.8. The van der Waals surface area contributed by atoms with Crippen molar-refractivity contribution in [2.45, 2.75) is 19.8 Å². The molecule has 1 N–H and O–H groups in total. The first kappa shape index (κ1) is 14.5. The van der Waals surface area contributed by atoms with Crippen molar-refractivity contribution >= 4 is 33.3 Å². The average Bonchev–Trinajstić information content (AvgIpc) is 3.15. The minimum atomic E-state index is 0.732. The molecule has 2 aromatic heterocycles. The third kappa shape index (κ3) is 3.27. The van der Waals surface area contributed by atoms with Crippen LogP contribution in [0.1, 0.15) is 19.8 Å². The second kappa shape index (κ2) is 6.58. The van der Waals surface area contributed by atoms with E-state index in [-0.39, 0.29) is 0 Å². The molecule has 0 bridgehead atoms. The molecular formula is C15H23N5S. The molecule has 1 fully saturated rings. The summed E-state index contributed by atoms with van der Waals surface area (Å²) in [6.07, 6.45) is 2.69. The smallest absolute Gasteiger partial charge is 0.226 e. The Bertz CT molecular complexity index is 591. The van der Waals surface area contributed by atoms with Gasteiger partial charge in [-0.2, -0.15) is 4.98 Å². The summed E-state index contributed by atoms with van der Waals surface area (Å²) in [5, 5.41) is 6.48. The van der Waals surface area contributed by atoms with Gasteiger partial charge >= 0.3 is 0 Å². The summed E-state index contributed by atoms with van der Waals surface area (Å²) >= 11 is 1.67. The lowest BCUT2D eigenvalue weighted by Gasteiger charge is -2.23. The Morgan fingerprint density at radius 3 is 2.90 bits per heavy atom. The van der Waals surface area contributed by atoms with E-state index in [1.807, 2.05) is 0 Å². The van der Waals surface area contributed by atoms with Crippen LogP contribution in [0.3, 0.4) is 0 Å². The SMILES string of the molecule is CCNc1nc(N(C)CCN2CCCC2)c2ccsc2n1. The summed E-state index contributed by atoms with van der Waals surface area (Å²) in [7, 11) is 2.13. The normalized spacial score (nSPS) is 15.7. The van der Waals surface area contributed by atoms with Crippen molar-refractivity contribution in [2.24, 2.45) is 0 Å². The van der Waals surface area contributed by atoms with Crippen LogP contribution in [-0.4, -0.2) is 54.6 Å².